The summed E-state index contributed by atoms with van der Waals surface area (Å²) in [5, 5.41) is 3.00. The number of sulfonamides is 1. The van der Waals surface area contributed by atoms with Crippen molar-refractivity contribution in [2.45, 2.75) is 11.4 Å². The van der Waals surface area contributed by atoms with Crippen molar-refractivity contribution in [1.82, 2.24) is 19.5 Å². The van der Waals surface area contributed by atoms with Crippen LogP contribution in [0, 0.1) is 0 Å². The summed E-state index contributed by atoms with van der Waals surface area (Å²) in [5.74, 6) is 0. The number of nitrogens with zero attached hydrogens (tertiary/aromatic N) is 2. The molecule has 0 radical (unpaired) electrons. The first-order chi connectivity index (χ1) is 9.86. The highest BCUT2D eigenvalue weighted by Gasteiger charge is 2.16. The minimum atomic E-state index is -3.47. The zero-order valence-electron chi connectivity index (χ0n) is 13.2. The molecule has 1 rings (SSSR count). The van der Waals surface area contributed by atoms with E-state index in [4.69, 9.17) is 4.74 Å². The Morgan fingerprint density at radius 2 is 2.05 bits per heavy atom. The highest BCUT2D eigenvalue weighted by atomic mass is 32.2. The van der Waals surface area contributed by atoms with E-state index >= 15 is 0 Å². The number of rotatable bonds is 10. The van der Waals surface area contributed by atoms with Crippen LogP contribution in [0.25, 0.3) is 0 Å². The van der Waals surface area contributed by atoms with Gasteiger partial charge in [-0.25, -0.2) is 13.1 Å². The molecule has 2 N–H and O–H groups in total. The Labute approximate surface area is 127 Å². The molecule has 0 fully saturated rings. The fourth-order valence-corrected chi connectivity index (χ4v) is 2.87. The second-order valence-electron chi connectivity index (χ2n) is 5.12. The van der Waals surface area contributed by atoms with Crippen LogP contribution < -0.4 is 10.0 Å². The highest BCUT2D eigenvalue weighted by Crippen LogP contribution is 2.12. The van der Waals surface area contributed by atoms with Crippen LogP contribution in [0.4, 0.5) is 0 Å². The molecule has 0 aromatic carbocycles. The van der Waals surface area contributed by atoms with Gasteiger partial charge in [0.15, 0.2) is 0 Å². The Bertz CT molecular complexity index is 526. The first-order valence-corrected chi connectivity index (χ1v) is 8.37. The molecule has 0 aliphatic heterocycles. The van der Waals surface area contributed by atoms with Gasteiger partial charge >= 0.3 is 0 Å². The van der Waals surface area contributed by atoms with Crippen molar-refractivity contribution in [3.63, 3.8) is 0 Å². The summed E-state index contributed by atoms with van der Waals surface area (Å²) in [7, 11) is 4.11. The second-order valence-corrected chi connectivity index (χ2v) is 6.89. The molecule has 0 atom stereocenters. The molecule has 0 unspecified atom stereocenters. The molecule has 0 aliphatic carbocycles. The summed E-state index contributed by atoms with van der Waals surface area (Å²) >= 11 is 0. The van der Waals surface area contributed by atoms with E-state index in [1.807, 2.05) is 33.1 Å². The van der Waals surface area contributed by atoms with E-state index in [1.165, 1.54) is 0 Å². The van der Waals surface area contributed by atoms with Gasteiger partial charge in [-0.15, -0.1) is 0 Å². The van der Waals surface area contributed by atoms with Crippen LogP contribution in [-0.4, -0.2) is 65.3 Å². The minimum absolute atomic E-state index is 0.270. The maximum Gasteiger partial charge on any atom is 0.242 e. The van der Waals surface area contributed by atoms with Crippen molar-refractivity contribution >= 4 is 10.0 Å². The molecule has 1 heterocycles. The zero-order valence-corrected chi connectivity index (χ0v) is 14.0. The van der Waals surface area contributed by atoms with Gasteiger partial charge in [-0.1, -0.05) is 0 Å². The van der Waals surface area contributed by atoms with E-state index in [1.54, 1.807) is 16.8 Å². The number of nitrogens with one attached hydrogen (secondary N) is 2. The summed E-state index contributed by atoms with van der Waals surface area (Å²) < 4.78 is 34.0. The molecule has 1 aromatic heterocycles. The lowest BCUT2D eigenvalue weighted by molar-refractivity contribution is 0.122. The van der Waals surface area contributed by atoms with E-state index in [9.17, 15) is 8.42 Å². The lowest BCUT2D eigenvalue weighted by Crippen LogP contribution is -2.28. The third-order valence-corrected chi connectivity index (χ3v) is 4.40. The topological polar surface area (TPSA) is 75.6 Å². The van der Waals surface area contributed by atoms with Crippen LogP contribution in [0.1, 0.15) is 5.69 Å². The van der Waals surface area contributed by atoms with Crippen LogP contribution in [-0.2, 0) is 28.4 Å². The molecule has 0 aliphatic rings. The Hall–Kier alpha value is -0.930. The lowest BCUT2D eigenvalue weighted by atomic mass is 10.4. The van der Waals surface area contributed by atoms with Gasteiger partial charge in [0.05, 0.1) is 18.1 Å². The molecular formula is C13H26N4O3S. The normalized spacial score (nSPS) is 12.2. The highest BCUT2D eigenvalue weighted by molar-refractivity contribution is 7.89. The number of ether oxygens (including phenoxy) is 1. The summed E-state index contributed by atoms with van der Waals surface area (Å²) in [6.45, 7) is 2.67. The molecule has 122 valence electrons. The third-order valence-electron chi connectivity index (χ3n) is 2.97. The molecule has 0 saturated heterocycles. The van der Waals surface area contributed by atoms with Crippen LogP contribution in [0.2, 0.25) is 0 Å². The van der Waals surface area contributed by atoms with Gasteiger partial charge in [-0.2, -0.15) is 0 Å². The Balaban J connectivity index is 2.44. The number of hydrogen-bond donors (Lipinski definition) is 2. The van der Waals surface area contributed by atoms with Crippen molar-refractivity contribution < 1.29 is 13.2 Å². The molecule has 0 bridgehead atoms. The van der Waals surface area contributed by atoms with E-state index in [0.717, 1.165) is 12.2 Å². The Kier molecular flexibility index (Phi) is 7.33. The quantitative estimate of drug-likeness (QED) is 0.574. The molecule has 0 saturated carbocycles. The van der Waals surface area contributed by atoms with Crippen LogP contribution in [0.5, 0.6) is 0 Å². The molecule has 7 nitrogen and oxygen atoms in total. The fraction of sp³-hybridized carbons (Fsp3) is 0.692. The summed E-state index contributed by atoms with van der Waals surface area (Å²) in [5.41, 5.74) is 0.917. The standard InChI is InChI=1S/C13H26N4O3S/c1-14-10-12-9-13(11-17(12)4)21(18,19)15-5-7-20-8-6-16(2)3/h9,11,14-15H,5-8,10H2,1-4H3. The molecule has 21 heavy (non-hydrogen) atoms. The van der Waals surface area contributed by atoms with E-state index in [0.29, 0.717) is 19.8 Å². The van der Waals surface area contributed by atoms with E-state index in [-0.39, 0.29) is 11.4 Å². The van der Waals surface area contributed by atoms with Gasteiger partial charge in [-0.3, -0.25) is 0 Å². The zero-order chi connectivity index (χ0) is 15.9. The molecule has 1 aromatic rings. The van der Waals surface area contributed by atoms with Crippen molar-refractivity contribution in [3.8, 4) is 0 Å². The van der Waals surface area contributed by atoms with Crippen LogP contribution >= 0.6 is 0 Å². The fourth-order valence-electron chi connectivity index (χ4n) is 1.76. The predicted molar refractivity (Wildman–Crippen MR) is 82.7 cm³/mol. The Morgan fingerprint density at radius 1 is 1.33 bits per heavy atom. The van der Waals surface area contributed by atoms with Crippen LogP contribution in [0.15, 0.2) is 17.2 Å². The first kappa shape index (κ1) is 18.1. The molecule has 8 heteroatoms. The third kappa shape index (κ3) is 6.15. The average molecular weight is 318 g/mol. The Morgan fingerprint density at radius 3 is 2.67 bits per heavy atom. The van der Waals surface area contributed by atoms with Gasteiger partial charge in [0.2, 0.25) is 10.0 Å². The van der Waals surface area contributed by atoms with Gasteiger partial charge in [0.1, 0.15) is 0 Å². The average Bonchev–Trinajstić information content (AvgIpc) is 2.76. The predicted octanol–water partition coefficient (Wildman–Crippen LogP) is -0.399. The van der Waals surface area contributed by atoms with Crippen molar-refractivity contribution in [2.75, 3.05) is 47.4 Å². The largest absolute Gasteiger partial charge is 0.379 e. The van der Waals surface area contributed by atoms with Crippen molar-refractivity contribution in [1.29, 1.82) is 0 Å². The van der Waals surface area contributed by atoms with Gasteiger partial charge in [-0.05, 0) is 27.2 Å². The smallest absolute Gasteiger partial charge is 0.242 e. The monoisotopic (exact) mass is 318 g/mol. The number of aromatic nitrogens is 1. The molecule has 0 spiro atoms. The lowest BCUT2D eigenvalue weighted by Gasteiger charge is -2.10. The van der Waals surface area contributed by atoms with E-state index < -0.39 is 10.0 Å². The van der Waals surface area contributed by atoms with Crippen molar-refractivity contribution in [2.24, 2.45) is 7.05 Å². The molecule has 0 amide bonds. The van der Waals surface area contributed by atoms with Gasteiger partial charge in [0.25, 0.3) is 0 Å². The number of aryl methyl sites for hydroxylation is 1. The van der Waals surface area contributed by atoms with Crippen LogP contribution in [0.3, 0.4) is 0 Å². The minimum Gasteiger partial charge on any atom is -0.379 e. The molecular weight excluding hydrogens is 292 g/mol. The number of hydrogen-bond acceptors (Lipinski definition) is 5. The maximum absolute atomic E-state index is 12.1. The summed E-state index contributed by atoms with van der Waals surface area (Å²) in [6, 6.07) is 1.67. The number of likely N-dealkylation sites (N-methyl/N-ethyl adjacent to an activating group) is 1. The maximum atomic E-state index is 12.1. The SMILES string of the molecule is CNCc1cc(S(=O)(=O)NCCOCCN(C)C)cn1C. The van der Waals surface area contributed by atoms with E-state index in [2.05, 4.69) is 10.0 Å². The first-order valence-electron chi connectivity index (χ1n) is 6.89. The summed E-state index contributed by atoms with van der Waals surface area (Å²) in [4.78, 5) is 2.29. The van der Waals surface area contributed by atoms with Crippen molar-refractivity contribution in [3.05, 3.63) is 18.0 Å². The second kappa shape index (κ2) is 8.50. The van der Waals surface area contributed by atoms with Gasteiger partial charge < -0.3 is 19.5 Å². The summed E-state index contributed by atoms with van der Waals surface area (Å²) in [6.07, 6.45) is 1.61. The van der Waals surface area contributed by atoms with Gasteiger partial charge in [0, 0.05) is 38.6 Å².